The molecule has 4 fully saturated rings. The molecule has 0 saturated heterocycles. The van der Waals surface area contributed by atoms with E-state index in [1.165, 1.54) is 12.8 Å². The zero-order chi connectivity index (χ0) is 27.9. The van der Waals surface area contributed by atoms with Crippen LogP contribution in [0.15, 0.2) is 11.6 Å². The minimum atomic E-state index is -0.356. The SMILES string of the molecule is C[C@H]1[C@H](C)CC[C@]2(C(=O)OCCN(C)C)CC[C@]3(C)C(=CC[C@@H]4[C@@]5(C)CC[C@H](O)C(C)(C)[C@@H]5CC[C@]43C)[C@H]12. The lowest BCUT2D eigenvalue weighted by atomic mass is 9.33. The van der Waals surface area contributed by atoms with Gasteiger partial charge in [0.25, 0.3) is 0 Å². The normalized spacial score (nSPS) is 49.7. The minimum Gasteiger partial charge on any atom is -0.464 e. The van der Waals surface area contributed by atoms with Crippen LogP contribution in [0.1, 0.15) is 106 Å². The summed E-state index contributed by atoms with van der Waals surface area (Å²) in [7, 11) is 4.08. The maximum atomic E-state index is 14.0. The molecule has 0 aromatic carbocycles. The summed E-state index contributed by atoms with van der Waals surface area (Å²) < 4.78 is 6.07. The lowest BCUT2D eigenvalue weighted by Crippen LogP contribution is -2.65. The molecule has 0 radical (unpaired) electrons. The van der Waals surface area contributed by atoms with E-state index < -0.39 is 0 Å². The van der Waals surface area contributed by atoms with E-state index in [-0.39, 0.29) is 39.1 Å². The molecule has 0 unspecified atom stereocenters. The maximum absolute atomic E-state index is 14.0. The van der Waals surface area contributed by atoms with Crippen LogP contribution in [-0.4, -0.2) is 49.3 Å². The first-order valence-electron chi connectivity index (χ1n) is 15.9. The average molecular weight is 528 g/mol. The molecule has 0 aromatic heterocycles. The van der Waals surface area contributed by atoms with E-state index in [2.05, 4.69) is 59.4 Å². The Balaban J connectivity index is 1.54. The van der Waals surface area contributed by atoms with Gasteiger partial charge in [0, 0.05) is 6.54 Å². The van der Waals surface area contributed by atoms with Gasteiger partial charge in [-0.15, -0.1) is 0 Å². The minimum absolute atomic E-state index is 0.0232. The highest BCUT2D eigenvalue weighted by Crippen LogP contribution is 2.75. The quantitative estimate of drug-likeness (QED) is 0.313. The molecular weight excluding hydrogens is 470 g/mol. The Morgan fingerprint density at radius 3 is 2.37 bits per heavy atom. The predicted octanol–water partition coefficient (Wildman–Crippen LogP) is 7.11. The Hall–Kier alpha value is -0.870. The number of aliphatic hydroxyl groups is 1. The van der Waals surface area contributed by atoms with Gasteiger partial charge >= 0.3 is 5.97 Å². The van der Waals surface area contributed by atoms with Gasteiger partial charge < -0.3 is 14.7 Å². The van der Waals surface area contributed by atoms with Gasteiger partial charge in [-0.3, -0.25) is 4.79 Å². The van der Waals surface area contributed by atoms with Crippen molar-refractivity contribution in [2.24, 2.45) is 56.7 Å². The van der Waals surface area contributed by atoms with Gasteiger partial charge in [-0.2, -0.15) is 0 Å². The lowest BCUT2D eigenvalue weighted by molar-refractivity contribution is -0.207. The summed E-state index contributed by atoms with van der Waals surface area (Å²) in [6, 6.07) is 0. The van der Waals surface area contributed by atoms with Crippen molar-refractivity contribution in [1.29, 1.82) is 0 Å². The van der Waals surface area contributed by atoms with Crippen molar-refractivity contribution in [3.05, 3.63) is 11.6 Å². The number of allylic oxidation sites excluding steroid dienone is 2. The van der Waals surface area contributed by atoms with Crippen molar-refractivity contribution in [2.45, 2.75) is 112 Å². The fourth-order valence-electron chi connectivity index (χ4n) is 11.3. The molecule has 1 N–H and O–H groups in total. The second kappa shape index (κ2) is 9.33. The summed E-state index contributed by atoms with van der Waals surface area (Å²) in [5, 5.41) is 11.0. The fourth-order valence-corrected chi connectivity index (χ4v) is 11.3. The number of nitrogens with zero attached hydrogens (tertiary/aromatic N) is 1. The standard InChI is InChI=1S/C34H57NO3/c1-22-12-17-34(29(37)38-21-20-35(8)9)19-18-32(6)24(28(34)23(22)2)10-11-26-31(5)15-14-27(36)30(3,4)25(31)13-16-33(26,32)7/h10,22-23,25-28,36H,11-21H2,1-9H3/t22-,23+,25+,26-,27+,28+,31+,32-,33-,34+/m1/s1. The van der Waals surface area contributed by atoms with Crippen LogP contribution in [0.25, 0.3) is 0 Å². The largest absolute Gasteiger partial charge is 0.464 e. The monoisotopic (exact) mass is 527 g/mol. The first kappa shape index (κ1) is 28.7. The Bertz CT molecular complexity index is 971. The van der Waals surface area contributed by atoms with Crippen molar-refractivity contribution >= 4 is 5.97 Å². The van der Waals surface area contributed by atoms with Gasteiger partial charge in [0.2, 0.25) is 0 Å². The molecule has 4 saturated carbocycles. The summed E-state index contributed by atoms with van der Waals surface area (Å²) >= 11 is 0. The van der Waals surface area contributed by atoms with Gasteiger partial charge in [0.05, 0.1) is 11.5 Å². The molecular formula is C34H57NO3. The molecule has 10 atom stereocenters. The molecule has 5 aliphatic rings. The van der Waals surface area contributed by atoms with Gasteiger partial charge in [-0.25, -0.2) is 0 Å². The third-order valence-corrected chi connectivity index (χ3v) is 14.1. The zero-order valence-electron chi connectivity index (χ0n) is 26.0. The first-order chi connectivity index (χ1) is 17.6. The number of hydrogen-bond donors (Lipinski definition) is 1. The van der Waals surface area contributed by atoms with Crippen LogP contribution in [0.3, 0.4) is 0 Å². The summed E-state index contributed by atoms with van der Waals surface area (Å²) in [6.07, 6.45) is 12.3. The lowest BCUT2D eigenvalue weighted by Gasteiger charge is -2.71. The Morgan fingerprint density at radius 1 is 0.974 bits per heavy atom. The fraction of sp³-hybridized carbons (Fsp3) is 0.912. The molecule has 4 nitrogen and oxygen atoms in total. The predicted molar refractivity (Wildman–Crippen MR) is 154 cm³/mol. The van der Waals surface area contributed by atoms with E-state index in [4.69, 9.17) is 4.74 Å². The molecule has 4 heteroatoms. The molecule has 5 aliphatic carbocycles. The van der Waals surface area contributed by atoms with Gasteiger partial charge in [-0.1, -0.05) is 60.1 Å². The van der Waals surface area contributed by atoms with Gasteiger partial charge in [0.15, 0.2) is 0 Å². The van der Waals surface area contributed by atoms with E-state index in [0.29, 0.717) is 36.2 Å². The number of ether oxygens (including phenoxy) is 1. The van der Waals surface area contributed by atoms with Crippen molar-refractivity contribution in [3.8, 4) is 0 Å². The second-order valence-electron chi connectivity index (χ2n) is 16.1. The highest BCUT2D eigenvalue weighted by molar-refractivity contribution is 5.79. The molecule has 38 heavy (non-hydrogen) atoms. The van der Waals surface area contributed by atoms with Crippen LogP contribution < -0.4 is 0 Å². The van der Waals surface area contributed by atoms with E-state index in [1.807, 2.05) is 14.1 Å². The van der Waals surface area contributed by atoms with Crippen LogP contribution in [0.5, 0.6) is 0 Å². The third kappa shape index (κ3) is 3.77. The number of carbonyl (C=O) groups is 1. The van der Waals surface area contributed by atoms with Gasteiger partial charge in [0.1, 0.15) is 6.61 Å². The number of esters is 1. The Labute approximate surface area is 233 Å². The number of fused-ring (bicyclic) bond motifs is 7. The molecule has 0 heterocycles. The van der Waals surface area contributed by atoms with Crippen LogP contribution in [0, 0.1) is 56.7 Å². The summed E-state index contributed by atoms with van der Waals surface area (Å²) in [6.45, 7) is 18.6. The summed E-state index contributed by atoms with van der Waals surface area (Å²) in [5.41, 5.74) is 1.83. The van der Waals surface area contributed by atoms with E-state index in [9.17, 15) is 9.90 Å². The molecule has 0 bridgehead atoms. The highest BCUT2D eigenvalue weighted by atomic mass is 16.5. The Kier molecular flexibility index (Phi) is 7.03. The van der Waals surface area contributed by atoms with Crippen LogP contribution >= 0.6 is 0 Å². The van der Waals surface area contributed by atoms with E-state index in [1.54, 1.807) is 5.57 Å². The van der Waals surface area contributed by atoms with E-state index in [0.717, 1.165) is 51.5 Å². The van der Waals surface area contributed by atoms with Crippen molar-refractivity contribution in [2.75, 3.05) is 27.2 Å². The topological polar surface area (TPSA) is 49.8 Å². The summed E-state index contributed by atoms with van der Waals surface area (Å²) in [5.74, 6) is 2.70. The number of aliphatic hydroxyl groups excluding tert-OH is 1. The molecule has 5 rings (SSSR count). The maximum Gasteiger partial charge on any atom is 0.312 e. The summed E-state index contributed by atoms with van der Waals surface area (Å²) in [4.78, 5) is 16.1. The molecule has 0 amide bonds. The number of carbonyl (C=O) groups excluding carboxylic acids is 1. The molecule has 0 aliphatic heterocycles. The number of rotatable bonds is 4. The third-order valence-electron chi connectivity index (χ3n) is 14.1. The zero-order valence-corrected chi connectivity index (χ0v) is 26.0. The van der Waals surface area contributed by atoms with Gasteiger partial charge in [-0.05, 0) is 123 Å². The van der Waals surface area contributed by atoms with Crippen LogP contribution in [-0.2, 0) is 9.53 Å². The van der Waals surface area contributed by atoms with Crippen molar-refractivity contribution in [1.82, 2.24) is 4.90 Å². The first-order valence-corrected chi connectivity index (χ1v) is 15.9. The average Bonchev–Trinajstić information content (AvgIpc) is 2.84. The molecule has 0 aromatic rings. The smallest absolute Gasteiger partial charge is 0.312 e. The van der Waals surface area contributed by atoms with Crippen molar-refractivity contribution < 1.29 is 14.6 Å². The van der Waals surface area contributed by atoms with Crippen LogP contribution in [0.4, 0.5) is 0 Å². The molecule has 0 spiro atoms. The Morgan fingerprint density at radius 2 is 1.68 bits per heavy atom. The number of hydrogen-bond acceptors (Lipinski definition) is 4. The number of likely N-dealkylation sites (N-methyl/N-ethyl adjacent to an activating group) is 1. The highest BCUT2D eigenvalue weighted by Gasteiger charge is 2.69. The van der Waals surface area contributed by atoms with Crippen molar-refractivity contribution in [3.63, 3.8) is 0 Å². The second-order valence-corrected chi connectivity index (χ2v) is 16.1. The van der Waals surface area contributed by atoms with E-state index >= 15 is 0 Å². The molecule has 216 valence electrons. The van der Waals surface area contributed by atoms with Crippen LogP contribution in [0.2, 0.25) is 0 Å².